The van der Waals surface area contributed by atoms with E-state index >= 15 is 0 Å². The number of allylic oxidation sites excluding steroid dienone is 1. The third-order valence-corrected chi connectivity index (χ3v) is 5.77. The van der Waals surface area contributed by atoms with Gasteiger partial charge in [0, 0.05) is 0 Å². The van der Waals surface area contributed by atoms with Crippen LogP contribution in [0, 0.1) is 5.92 Å². The Hall–Kier alpha value is 0.0900. The largest absolute Gasteiger partial charge is 0.247 e. The maximum absolute atomic E-state index is 3.83. The molecule has 0 aromatic rings. The van der Waals surface area contributed by atoms with E-state index < -0.39 is 0 Å². The van der Waals surface area contributed by atoms with Crippen molar-refractivity contribution in [2.24, 2.45) is 5.92 Å². The van der Waals surface area contributed by atoms with Gasteiger partial charge in [-0.25, -0.2) is 10.0 Å². The first kappa shape index (κ1) is 15.1. The van der Waals surface area contributed by atoms with Gasteiger partial charge < -0.3 is 0 Å². The summed E-state index contributed by atoms with van der Waals surface area (Å²) >= 11 is 0. The van der Waals surface area contributed by atoms with Crippen LogP contribution in [0.3, 0.4) is 0 Å². The van der Waals surface area contributed by atoms with Crippen LogP contribution in [-0.4, -0.2) is 24.0 Å². The minimum atomic E-state index is -0.290. The second-order valence-electron chi connectivity index (χ2n) is 5.10. The Morgan fingerprint density at radius 3 is 1.87 bits per heavy atom. The van der Waals surface area contributed by atoms with Gasteiger partial charge in [0.1, 0.15) is 0 Å². The Bertz CT molecular complexity index is 159. The summed E-state index contributed by atoms with van der Waals surface area (Å²) in [5.74, 6) is 0.954. The van der Waals surface area contributed by atoms with Crippen molar-refractivity contribution in [1.29, 1.82) is 0 Å². The topological polar surface area (TPSA) is 0 Å². The summed E-state index contributed by atoms with van der Waals surface area (Å²) in [6.45, 7) is 7.83. The summed E-state index contributed by atoms with van der Waals surface area (Å²) in [6, 6.07) is 0. The molecule has 1 rings (SSSR count). The van der Waals surface area contributed by atoms with Crippen molar-refractivity contribution >= 4 is 10.0 Å². The molecule has 1 saturated carbocycles. The summed E-state index contributed by atoms with van der Waals surface area (Å²) in [5.41, 5.74) is 0. The summed E-state index contributed by atoms with van der Waals surface area (Å²) in [7, 11) is -0.290. The van der Waals surface area contributed by atoms with Gasteiger partial charge in [0.15, 0.2) is 0 Å². The number of hydrogen-bond donors (Lipinski definition) is 0. The molecular weight excluding hydrogens is 200 g/mol. The molecule has 0 aromatic carbocycles. The Morgan fingerprint density at radius 1 is 1.07 bits per heavy atom. The molecule has 0 unspecified atom stereocenters. The monoisotopic (exact) mass is 230 g/mol. The molecule has 0 bridgehead atoms. The van der Waals surface area contributed by atoms with Crippen LogP contribution < -0.4 is 0 Å². The van der Waals surface area contributed by atoms with Crippen LogP contribution in [0.5, 0.6) is 0 Å². The molecule has 0 radical (unpaired) electrons. The zero-order valence-electron chi connectivity index (χ0n) is 11.4. The van der Waals surface area contributed by atoms with Crippen molar-refractivity contribution in [3.63, 3.8) is 0 Å². The van der Waals surface area contributed by atoms with E-state index in [2.05, 4.69) is 31.4 Å². The highest BCUT2D eigenvalue weighted by Gasteiger charge is 2.26. The van der Waals surface area contributed by atoms with Crippen molar-refractivity contribution in [2.75, 3.05) is 18.8 Å². The maximum Gasteiger partial charge on any atom is -0.0119 e. The molecule has 0 amide bonds. The molecule has 1 fully saturated rings. The van der Waals surface area contributed by atoms with Gasteiger partial charge in [-0.2, -0.15) is 0 Å². The van der Waals surface area contributed by atoms with Gasteiger partial charge in [0.25, 0.3) is 0 Å². The van der Waals surface area contributed by atoms with Crippen molar-refractivity contribution in [3.05, 3.63) is 12.7 Å². The van der Waals surface area contributed by atoms with E-state index in [1.807, 2.05) is 13.8 Å². The van der Waals surface area contributed by atoms with Gasteiger partial charge in [0.05, 0.1) is 0 Å². The van der Waals surface area contributed by atoms with Gasteiger partial charge in [-0.15, -0.1) is 6.58 Å². The second-order valence-corrected chi connectivity index (χ2v) is 9.63. The van der Waals surface area contributed by atoms with E-state index in [9.17, 15) is 0 Å². The van der Waals surface area contributed by atoms with Crippen molar-refractivity contribution in [2.45, 2.75) is 51.2 Å². The highest BCUT2D eigenvalue weighted by atomic mass is 32.3. The third-order valence-electron chi connectivity index (χ3n) is 3.29. The summed E-state index contributed by atoms with van der Waals surface area (Å²) in [5, 5.41) is 1.04. The first-order valence-electron chi connectivity index (χ1n) is 6.32. The molecule has 1 aliphatic rings. The van der Waals surface area contributed by atoms with Crippen LogP contribution in [0.15, 0.2) is 12.7 Å². The highest BCUT2D eigenvalue weighted by Crippen LogP contribution is 2.48. The minimum Gasteiger partial charge on any atom is -0.247 e. The molecule has 0 aliphatic heterocycles. The molecule has 1 aliphatic carbocycles. The zero-order valence-corrected chi connectivity index (χ0v) is 12.2. The lowest BCUT2D eigenvalue weighted by Crippen LogP contribution is -2.23. The van der Waals surface area contributed by atoms with Crippen LogP contribution in [0.2, 0.25) is 0 Å². The minimum absolute atomic E-state index is 0.290. The average molecular weight is 230 g/mol. The predicted molar refractivity (Wildman–Crippen MR) is 77.3 cm³/mol. The zero-order chi connectivity index (χ0) is 11.9. The van der Waals surface area contributed by atoms with E-state index in [4.69, 9.17) is 0 Å². The fraction of sp³-hybridized carbons (Fsp3) is 0.857. The Kier molecular flexibility index (Phi) is 7.42. The molecule has 0 spiro atoms. The molecule has 0 saturated heterocycles. The Balaban J connectivity index is 0.000000921. The Morgan fingerprint density at radius 2 is 1.53 bits per heavy atom. The quantitative estimate of drug-likeness (QED) is 0.609. The predicted octanol–water partition coefficient (Wildman–Crippen LogP) is 4.84. The fourth-order valence-electron chi connectivity index (χ4n) is 2.31. The average Bonchev–Trinajstić information content (AvgIpc) is 2.21. The van der Waals surface area contributed by atoms with Crippen LogP contribution in [0.1, 0.15) is 46.0 Å². The lowest BCUT2D eigenvalue weighted by atomic mass is 9.87. The number of rotatable bonds is 3. The summed E-state index contributed by atoms with van der Waals surface area (Å²) in [6.07, 6.45) is 16.6. The summed E-state index contributed by atoms with van der Waals surface area (Å²) in [4.78, 5) is 0. The second kappa shape index (κ2) is 7.38. The van der Waals surface area contributed by atoms with E-state index in [1.54, 1.807) is 0 Å². The van der Waals surface area contributed by atoms with Crippen LogP contribution in [-0.2, 0) is 0 Å². The lowest BCUT2D eigenvalue weighted by Gasteiger charge is -2.40. The molecular formula is C14H30S. The lowest BCUT2D eigenvalue weighted by molar-refractivity contribution is 0.367. The molecule has 0 N–H and O–H groups in total. The smallest absolute Gasteiger partial charge is 0.0119 e. The molecule has 0 nitrogen and oxygen atoms in total. The molecule has 0 aromatic heterocycles. The third kappa shape index (κ3) is 5.65. The molecule has 1 heteroatoms. The van der Waals surface area contributed by atoms with Crippen LogP contribution in [0.25, 0.3) is 0 Å². The van der Waals surface area contributed by atoms with E-state index in [1.165, 1.54) is 32.1 Å². The first-order valence-corrected chi connectivity index (χ1v) is 9.24. The van der Waals surface area contributed by atoms with Crippen molar-refractivity contribution < 1.29 is 0 Å². The Labute approximate surface area is 98.9 Å². The van der Waals surface area contributed by atoms with E-state index in [0.29, 0.717) is 0 Å². The van der Waals surface area contributed by atoms with Gasteiger partial charge in [0.2, 0.25) is 0 Å². The molecule has 0 atom stereocenters. The van der Waals surface area contributed by atoms with E-state index in [-0.39, 0.29) is 10.0 Å². The standard InChI is InChI=1S/C12H24S.C2H6/c1-5-6-11-7-9-12(10-8-11)13(2,3)4;1-2/h5,11-12H,1,6-10H2,2-4H3;1-2H3. The van der Waals surface area contributed by atoms with Crippen molar-refractivity contribution in [1.82, 2.24) is 0 Å². The normalized spacial score (nSPS) is 27.5. The SMILES string of the molecule is C=CCC1CCC(S(C)(C)C)CC1.CC. The molecule has 15 heavy (non-hydrogen) atoms. The molecule has 92 valence electrons. The van der Waals surface area contributed by atoms with Gasteiger partial charge >= 0.3 is 0 Å². The van der Waals surface area contributed by atoms with Crippen LogP contribution >= 0.6 is 10.0 Å². The highest BCUT2D eigenvalue weighted by molar-refractivity contribution is 8.32. The number of hydrogen-bond acceptors (Lipinski definition) is 0. The van der Waals surface area contributed by atoms with Gasteiger partial charge in [-0.1, -0.05) is 19.9 Å². The van der Waals surface area contributed by atoms with Gasteiger partial charge in [-0.3, -0.25) is 0 Å². The van der Waals surface area contributed by atoms with Gasteiger partial charge in [-0.05, 0) is 62.0 Å². The molecule has 0 heterocycles. The van der Waals surface area contributed by atoms with Crippen LogP contribution in [0.4, 0.5) is 0 Å². The van der Waals surface area contributed by atoms with Crippen molar-refractivity contribution in [3.8, 4) is 0 Å². The fourth-order valence-corrected chi connectivity index (χ4v) is 4.00. The first-order chi connectivity index (χ1) is 7.04. The summed E-state index contributed by atoms with van der Waals surface area (Å²) < 4.78 is 0. The van der Waals surface area contributed by atoms with E-state index in [0.717, 1.165) is 11.2 Å². The maximum atomic E-state index is 3.83.